The monoisotopic (exact) mass is 277 g/mol. The Morgan fingerprint density at radius 1 is 1.40 bits per heavy atom. The van der Waals surface area contributed by atoms with E-state index in [0.29, 0.717) is 13.0 Å². The number of hydrogen-bond acceptors (Lipinski definition) is 3. The summed E-state index contributed by atoms with van der Waals surface area (Å²) in [6.07, 6.45) is 9.75. The van der Waals surface area contributed by atoms with Crippen molar-refractivity contribution in [3.63, 3.8) is 0 Å². The van der Waals surface area contributed by atoms with Crippen molar-refractivity contribution in [3.05, 3.63) is 24.0 Å². The Labute approximate surface area is 117 Å². The van der Waals surface area contributed by atoms with Crippen LogP contribution in [0, 0.1) is 0 Å². The highest BCUT2D eigenvalue weighted by Crippen LogP contribution is 2.17. The molecule has 0 aromatic carbocycles. The molecule has 6 heteroatoms. The first kappa shape index (κ1) is 14.3. The molecule has 1 aromatic rings. The van der Waals surface area contributed by atoms with Crippen molar-refractivity contribution in [1.29, 1.82) is 0 Å². The van der Waals surface area contributed by atoms with Crippen molar-refractivity contribution in [2.45, 2.75) is 31.7 Å². The number of rotatable bonds is 3. The number of carbonyl (C=O) groups excluding carboxylic acids is 1. The van der Waals surface area contributed by atoms with E-state index >= 15 is 0 Å². The van der Waals surface area contributed by atoms with E-state index in [4.69, 9.17) is 0 Å². The summed E-state index contributed by atoms with van der Waals surface area (Å²) in [7, 11) is 1.80. The third-order valence-corrected chi connectivity index (χ3v) is 3.46. The fourth-order valence-corrected chi connectivity index (χ4v) is 2.42. The molecule has 2 rings (SSSR count). The Balaban J connectivity index is 2.08. The van der Waals surface area contributed by atoms with Crippen LogP contribution in [0.1, 0.15) is 31.2 Å². The SMILES string of the molecule is Cn1cc(C=CC(=O)N2CCCCCC2C(=O)O)cn1. The van der Waals surface area contributed by atoms with Crippen molar-refractivity contribution < 1.29 is 14.7 Å². The number of aromatic nitrogens is 2. The minimum atomic E-state index is -0.921. The van der Waals surface area contributed by atoms with Crippen LogP contribution in [-0.2, 0) is 16.6 Å². The van der Waals surface area contributed by atoms with E-state index in [2.05, 4.69) is 5.10 Å². The lowest BCUT2D eigenvalue weighted by molar-refractivity contribution is -0.148. The number of hydrogen-bond donors (Lipinski definition) is 1. The number of carboxylic acid groups (broad SMARTS) is 1. The summed E-state index contributed by atoms with van der Waals surface area (Å²) in [5.41, 5.74) is 0.822. The average molecular weight is 277 g/mol. The zero-order valence-corrected chi connectivity index (χ0v) is 11.5. The third-order valence-electron chi connectivity index (χ3n) is 3.46. The number of carbonyl (C=O) groups is 2. The Bertz CT molecular complexity index is 521. The predicted octanol–water partition coefficient (Wildman–Crippen LogP) is 1.29. The van der Waals surface area contributed by atoms with Gasteiger partial charge in [-0.3, -0.25) is 9.48 Å². The number of aryl methyl sites for hydroxylation is 1. The summed E-state index contributed by atoms with van der Waals surface area (Å²) in [5, 5.41) is 13.3. The van der Waals surface area contributed by atoms with Gasteiger partial charge in [0, 0.05) is 31.4 Å². The minimum Gasteiger partial charge on any atom is -0.480 e. The maximum atomic E-state index is 12.2. The summed E-state index contributed by atoms with van der Waals surface area (Å²) in [5.74, 6) is -1.17. The van der Waals surface area contributed by atoms with E-state index < -0.39 is 12.0 Å². The number of amides is 1. The second-order valence-electron chi connectivity index (χ2n) is 5.02. The molecule has 20 heavy (non-hydrogen) atoms. The van der Waals surface area contributed by atoms with Gasteiger partial charge in [-0.05, 0) is 18.9 Å². The second-order valence-corrected chi connectivity index (χ2v) is 5.02. The Hall–Kier alpha value is -2.11. The molecule has 1 fully saturated rings. The Morgan fingerprint density at radius 2 is 2.20 bits per heavy atom. The van der Waals surface area contributed by atoms with Gasteiger partial charge >= 0.3 is 5.97 Å². The van der Waals surface area contributed by atoms with E-state index in [1.807, 2.05) is 0 Å². The van der Waals surface area contributed by atoms with Crippen LogP contribution in [0.5, 0.6) is 0 Å². The first-order valence-corrected chi connectivity index (χ1v) is 6.78. The molecule has 1 aromatic heterocycles. The number of nitrogens with zero attached hydrogens (tertiary/aromatic N) is 3. The molecule has 1 aliphatic heterocycles. The molecule has 1 saturated heterocycles. The standard InChI is InChI=1S/C14H19N3O3/c1-16-10-11(9-15-16)6-7-13(18)17-8-4-2-3-5-12(17)14(19)20/h6-7,9-10,12H,2-5,8H2,1H3,(H,19,20). The van der Waals surface area contributed by atoms with E-state index in [9.17, 15) is 14.7 Å². The fourth-order valence-electron chi connectivity index (χ4n) is 2.42. The molecule has 1 unspecified atom stereocenters. The lowest BCUT2D eigenvalue weighted by Crippen LogP contribution is -2.43. The molecule has 1 aliphatic rings. The molecule has 2 heterocycles. The molecule has 0 radical (unpaired) electrons. The molecule has 6 nitrogen and oxygen atoms in total. The molecule has 1 N–H and O–H groups in total. The van der Waals surface area contributed by atoms with Crippen LogP contribution < -0.4 is 0 Å². The van der Waals surface area contributed by atoms with Gasteiger partial charge in [-0.2, -0.15) is 5.10 Å². The highest BCUT2D eigenvalue weighted by molar-refractivity contribution is 5.94. The highest BCUT2D eigenvalue weighted by Gasteiger charge is 2.29. The predicted molar refractivity (Wildman–Crippen MR) is 73.8 cm³/mol. The molecule has 1 atom stereocenters. The average Bonchev–Trinajstić information content (AvgIpc) is 2.68. The summed E-state index contributed by atoms with van der Waals surface area (Å²) < 4.78 is 1.65. The quantitative estimate of drug-likeness (QED) is 0.845. The van der Waals surface area contributed by atoms with Gasteiger partial charge < -0.3 is 10.0 Å². The first-order valence-electron chi connectivity index (χ1n) is 6.78. The molecular formula is C14H19N3O3. The van der Waals surface area contributed by atoms with Crippen molar-refractivity contribution in [2.75, 3.05) is 6.54 Å². The van der Waals surface area contributed by atoms with Crippen molar-refractivity contribution in [1.82, 2.24) is 14.7 Å². The third kappa shape index (κ3) is 3.46. The molecular weight excluding hydrogens is 258 g/mol. The lowest BCUT2D eigenvalue weighted by Gasteiger charge is -2.25. The van der Waals surface area contributed by atoms with Gasteiger partial charge in [0.05, 0.1) is 6.20 Å². The van der Waals surface area contributed by atoms with Crippen LogP contribution in [0.4, 0.5) is 0 Å². The van der Waals surface area contributed by atoms with E-state index in [0.717, 1.165) is 24.8 Å². The van der Waals surface area contributed by atoms with E-state index in [-0.39, 0.29) is 5.91 Å². The zero-order valence-electron chi connectivity index (χ0n) is 11.5. The number of likely N-dealkylation sites (tertiary alicyclic amines) is 1. The smallest absolute Gasteiger partial charge is 0.326 e. The molecule has 108 valence electrons. The Kier molecular flexibility index (Phi) is 4.55. The molecule has 0 saturated carbocycles. The molecule has 1 amide bonds. The van der Waals surface area contributed by atoms with Gasteiger partial charge in [0.15, 0.2) is 0 Å². The van der Waals surface area contributed by atoms with Crippen molar-refractivity contribution in [3.8, 4) is 0 Å². The zero-order chi connectivity index (χ0) is 14.5. The summed E-state index contributed by atoms with van der Waals surface area (Å²) in [6, 6.07) is -0.705. The lowest BCUT2D eigenvalue weighted by atomic mass is 10.1. The van der Waals surface area contributed by atoms with Crippen LogP contribution in [0.25, 0.3) is 6.08 Å². The number of carboxylic acids is 1. The topological polar surface area (TPSA) is 75.4 Å². The molecule has 0 spiro atoms. The van der Waals surface area contributed by atoms with Gasteiger partial charge in [-0.15, -0.1) is 0 Å². The Morgan fingerprint density at radius 3 is 2.85 bits per heavy atom. The molecule has 0 bridgehead atoms. The van der Waals surface area contributed by atoms with E-state index in [1.165, 1.54) is 11.0 Å². The van der Waals surface area contributed by atoms with Crippen LogP contribution in [0.15, 0.2) is 18.5 Å². The maximum Gasteiger partial charge on any atom is 0.326 e. The first-order chi connectivity index (χ1) is 9.58. The fraction of sp³-hybridized carbons (Fsp3) is 0.500. The number of aliphatic carboxylic acids is 1. The van der Waals surface area contributed by atoms with Gasteiger partial charge in [-0.25, -0.2) is 4.79 Å². The summed E-state index contributed by atoms with van der Waals surface area (Å²) in [6.45, 7) is 0.507. The van der Waals surface area contributed by atoms with Crippen molar-refractivity contribution >= 4 is 18.0 Å². The van der Waals surface area contributed by atoms with Gasteiger partial charge in [0.1, 0.15) is 6.04 Å². The maximum absolute atomic E-state index is 12.2. The van der Waals surface area contributed by atoms with Crippen LogP contribution in [0.2, 0.25) is 0 Å². The van der Waals surface area contributed by atoms with Gasteiger partial charge in [0.25, 0.3) is 0 Å². The van der Waals surface area contributed by atoms with E-state index in [1.54, 1.807) is 30.2 Å². The van der Waals surface area contributed by atoms with Crippen LogP contribution >= 0.6 is 0 Å². The summed E-state index contributed by atoms with van der Waals surface area (Å²) in [4.78, 5) is 24.9. The normalized spacial score (nSPS) is 20.1. The largest absolute Gasteiger partial charge is 0.480 e. The van der Waals surface area contributed by atoms with Crippen LogP contribution in [-0.4, -0.2) is 44.3 Å². The second kappa shape index (κ2) is 6.36. The minimum absolute atomic E-state index is 0.247. The van der Waals surface area contributed by atoms with Crippen LogP contribution in [0.3, 0.4) is 0 Å². The van der Waals surface area contributed by atoms with Gasteiger partial charge in [0.2, 0.25) is 5.91 Å². The highest BCUT2D eigenvalue weighted by atomic mass is 16.4. The summed E-state index contributed by atoms with van der Waals surface area (Å²) >= 11 is 0. The van der Waals surface area contributed by atoms with Gasteiger partial charge in [-0.1, -0.05) is 12.8 Å². The molecule has 0 aliphatic carbocycles. The van der Waals surface area contributed by atoms with Crippen molar-refractivity contribution in [2.24, 2.45) is 7.05 Å².